The highest BCUT2D eigenvalue weighted by molar-refractivity contribution is 6.35. The van der Waals surface area contributed by atoms with Crippen molar-refractivity contribution in [2.45, 2.75) is 13.8 Å². The molecule has 2 aromatic carbocycles. The molecule has 0 fully saturated rings. The lowest BCUT2D eigenvalue weighted by atomic mass is 10.1. The molecule has 0 aliphatic heterocycles. The van der Waals surface area contributed by atoms with Gasteiger partial charge in [0, 0.05) is 10.4 Å². The molecule has 0 aromatic heterocycles. The number of rotatable bonds is 0. The van der Waals surface area contributed by atoms with Gasteiger partial charge in [-0.05, 0) is 11.5 Å². The molecular formula is C12H13Cl. The number of hydrogen-bond acceptors (Lipinski definition) is 0. The van der Waals surface area contributed by atoms with Gasteiger partial charge in [-0.1, -0.05) is 61.8 Å². The van der Waals surface area contributed by atoms with Crippen LogP contribution < -0.4 is 0 Å². The summed E-state index contributed by atoms with van der Waals surface area (Å²) in [4.78, 5) is 0. The Balaban J connectivity index is 0.000000396. The average molecular weight is 193 g/mol. The Morgan fingerprint density at radius 1 is 0.846 bits per heavy atom. The lowest BCUT2D eigenvalue weighted by Gasteiger charge is -1.97. The Labute approximate surface area is 84.2 Å². The smallest absolute Gasteiger partial charge is 0.0484 e. The van der Waals surface area contributed by atoms with Crippen LogP contribution in [0.25, 0.3) is 10.8 Å². The molecule has 2 rings (SSSR count). The fraction of sp³-hybridized carbons (Fsp3) is 0.167. The number of benzene rings is 2. The Bertz CT molecular complexity index is 374. The zero-order valence-electron chi connectivity index (χ0n) is 7.92. The van der Waals surface area contributed by atoms with Crippen molar-refractivity contribution in [2.75, 3.05) is 0 Å². The zero-order chi connectivity index (χ0) is 9.68. The summed E-state index contributed by atoms with van der Waals surface area (Å²) in [5.41, 5.74) is 0. The summed E-state index contributed by atoms with van der Waals surface area (Å²) in [7, 11) is 0. The third kappa shape index (κ3) is 2.22. The lowest BCUT2D eigenvalue weighted by Crippen LogP contribution is -1.70. The minimum Gasteiger partial charge on any atom is -0.0837 e. The Hall–Kier alpha value is -1.01. The molecule has 68 valence electrons. The van der Waals surface area contributed by atoms with Gasteiger partial charge in [0.25, 0.3) is 0 Å². The molecule has 0 aliphatic carbocycles. The van der Waals surface area contributed by atoms with E-state index < -0.39 is 0 Å². The van der Waals surface area contributed by atoms with Crippen LogP contribution in [0, 0.1) is 0 Å². The predicted octanol–water partition coefficient (Wildman–Crippen LogP) is 4.52. The molecule has 0 aliphatic rings. The maximum Gasteiger partial charge on any atom is 0.0484 e. The number of fused-ring (bicyclic) bond motifs is 1. The van der Waals surface area contributed by atoms with Crippen LogP contribution in [0.2, 0.25) is 5.02 Å². The Morgan fingerprint density at radius 2 is 1.46 bits per heavy atom. The molecule has 13 heavy (non-hydrogen) atoms. The molecule has 0 radical (unpaired) electrons. The fourth-order valence-corrected chi connectivity index (χ4v) is 1.43. The second-order valence-corrected chi connectivity index (χ2v) is 2.87. The normalized spacial score (nSPS) is 9.15. The first-order chi connectivity index (χ1) is 6.38. The van der Waals surface area contributed by atoms with Crippen LogP contribution in [0.15, 0.2) is 42.5 Å². The first kappa shape index (κ1) is 10.1. The molecule has 0 spiro atoms. The summed E-state index contributed by atoms with van der Waals surface area (Å²) < 4.78 is 0. The summed E-state index contributed by atoms with van der Waals surface area (Å²) in [5.74, 6) is 0. The van der Waals surface area contributed by atoms with E-state index in [1.807, 2.05) is 44.2 Å². The van der Waals surface area contributed by atoms with Crippen LogP contribution in [0.4, 0.5) is 0 Å². The molecule has 1 heteroatoms. The van der Waals surface area contributed by atoms with Gasteiger partial charge in [0.2, 0.25) is 0 Å². The monoisotopic (exact) mass is 192 g/mol. The van der Waals surface area contributed by atoms with Crippen molar-refractivity contribution in [3.05, 3.63) is 47.5 Å². The van der Waals surface area contributed by atoms with Crippen LogP contribution in [0.3, 0.4) is 0 Å². The highest BCUT2D eigenvalue weighted by Crippen LogP contribution is 2.21. The van der Waals surface area contributed by atoms with Gasteiger partial charge in [0.05, 0.1) is 0 Å². The number of halogens is 1. The first-order valence-corrected chi connectivity index (χ1v) is 4.89. The highest BCUT2D eigenvalue weighted by atomic mass is 35.5. The van der Waals surface area contributed by atoms with Crippen LogP contribution in [0.5, 0.6) is 0 Å². The van der Waals surface area contributed by atoms with E-state index in [9.17, 15) is 0 Å². The molecule has 0 N–H and O–H groups in total. The molecule has 0 saturated carbocycles. The van der Waals surface area contributed by atoms with Crippen molar-refractivity contribution < 1.29 is 0 Å². The van der Waals surface area contributed by atoms with Gasteiger partial charge in [-0.25, -0.2) is 0 Å². The van der Waals surface area contributed by atoms with Gasteiger partial charge < -0.3 is 0 Å². The van der Waals surface area contributed by atoms with Crippen molar-refractivity contribution in [1.29, 1.82) is 0 Å². The van der Waals surface area contributed by atoms with Gasteiger partial charge in [-0.2, -0.15) is 0 Å². The molecular weight excluding hydrogens is 180 g/mol. The molecule has 0 saturated heterocycles. The third-order valence-electron chi connectivity index (χ3n) is 1.74. The van der Waals surface area contributed by atoms with E-state index >= 15 is 0 Å². The SMILES string of the molecule is CC.Clc1cccc2ccccc12. The van der Waals surface area contributed by atoms with E-state index in [1.165, 1.54) is 5.39 Å². The summed E-state index contributed by atoms with van der Waals surface area (Å²) >= 11 is 5.96. The molecule has 0 heterocycles. The van der Waals surface area contributed by atoms with Crippen molar-refractivity contribution in [2.24, 2.45) is 0 Å². The van der Waals surface area contributed by atoms with Gasteiger partial charge in [0.15, 0.2) is 0 Å². The lowest BCUT2D eigenvalue weighted by molar-refractivity contribution is 1.50. The Morgan fingerprint density at radius 3 is 2.15 bits per heavy atom. The van der Waals surface area contributed by atoms with Gasteiger partial charge in [-0.3, -0.25) is 0 Å². The minimum atomic E-state index is 0.822. The molecule has 0 bridgehead atoms. The Kier molecular flexibility index (Phi) is 3.78. The van der Waals surface area contributed by atoms with Crippen molar-refractivity contribution in [3.63, 3.8) is 0 Å². The van der Waals surface area contributed by atoms with Gasteiger partial charge >= 0.3 is 0 Å². The third-order valence-corrected chi connectivity index (χ3v) is 2.07. The summed E-state index contributed by atoms with van der Waals surface area (Å²) in [5, 5.41) is 3.14. The van der Waals surface area contributed by atoms with Crippen molar-refractivity contribution in [3.8, 4) is 0 Å². The largest absolute Gasteiger partial charge is 0.0837 e. The van der Waals surface area contributed by atoms with E-state index in [4.69, 9.17) is 11.6 Å². The average Bonchev–Trinajstić information content (AvgIpc) is 2.22. The van der Waals surface area contributed by atoms with Crippen LogP contribution in [-0.2, 0) is 0 Å². The van der Waals surface area contributed by atoms with E-state index in [1.54, 1.807) is 0 Å². The van der Waals surface area contributed by atoms with E-state index in [2.05, 4.69) is 12.1 Å². The standard InChI is InChI=1S/C10H7Cl.C2H6/c11-10-7-3-5-8-4-1-2-6-9(8)10;1-2/h1-7H;1-2H3. The molecule has 0 atom stereocenters. The summed E-state index contributed by atoms with van der Waals surface area (Å²) in [6.07, 6.45) is 0. The van der Waals surface area contributed by atoms with Crippen molar-refractivity contribution >= 4 is 22.4 Å². The highest BCUT2D eigenvalue weighted by Gasteiger charge is 1.93. The molecule has 0 nitrogen and oxygen atoms in total. The first-order valence-electron chi connectivity index (χ1n) is 4.51. The minimum absolute atomic E-state index is 0.822. The zero-order valence-corrected chi connectivity index (χ0v) is 8.68. The second kappa shape index (κ2) is 4.88. The second-order valence-electron chi connectivity index (χ2n) is 2.46. The molecule has 2 aromatic rings. The topological polar surface area (TPSA) is 0 Å². The quantitative estimate of drug-likeness (QED) is 0.576. The summed E-state index contributed by atoms with van der Waals surface area (Å²) in [6.45, 7) is 4.00. The maximum atomic E-state index is 5.96. The number of hydrogen-bond donors (Lipinski definition) is 0. The van der Waals surface area contributed by atoms with Gasteiger partial charge in [0.1, 0.15) is 0 Å². The van der Waals surface area contributed by atoms with E-state index in [0.717, 1.165) is 10.4 Å². The van der Waals surface area contributed by atoms with Crippen LogP contribution >= 0.6 is 11.6 Å². The van der Waals surface area contributed by atoms with E-state index in [-0.39, 0.29) is 0 Å². The molecule has 0 amide bonds. The van der Waals surface area contributed by atoms with Crippen molar-refractivity contribution in [1.82, 2.24) is 0 Å². The summed E-state index contributed by atoms with van der Waals surface area (Å²) in [6, 6.07) is 14.0. The van der Waals surface area contributed by atoms with E-state index in [0.29, 0.717) is 0 Å². The van der Waals surface area contributed by atoms with Crippen LogP contribution in [0.1, 0.15) is 13.8 Å². The fourth-order valence-electron chi connectivity index (χ4n) is 1.19. The predicted molar refractivity (Wildman–Crippen MR) is 60.3 cm³/mol. The molecule has 0 unspecified atom stereocenters. The van der Waals surface area contributed by atoms with Crippen LogP contribution in [-0.4, -0.2) is 0 Å². The van der Waals surface area contributed by atoms with Gasteiger partial charge in [-0.15, -0.1) is 0 Å². The maximum absolute atomic E-state index is 5.96.